The number of benzene rings is 1. The van der Waals surface area contributed by atoms with Gasteiger partial charge in [-0.1, -0.05) is 50.6 Å². The van der Waals surface area contributed by atoms with Gasteiger partial charge in [0.15, 0.2) is 0 Å². The van der Waals surface area contributed by atoms with Crippen molar-refractivity contribution >= 4 is 23.2 Å². The van der Waals surface area contributed by atoms with Gasteiger partial charge in [0, 0.05) is 12.2 Å². The highest BCUT2D eigenvalue weighted by atomic mass is 35.5. The number of anilines is 1. The highest BCUT2D eigenvalue weighted by Crippen LogP contribution is 2.20. The largest absolute Gasteiger partial charge is 0.385 e. The summed E-state index contributed by atoms with van der Waals surface area (Å²) in [5.41, 5.74) is 6.50. The third-order valence-corrected chi connectivity index (χ3v) is 3.41. The van der Waals surface area contributed by atoms with Crippen molar-refractivity contribution in [2.24, 2.45) is 5.73 Å². The van der Waals surface area contributed by atoms with E-state index in [-0.39, 0.29) is 0 Å². The zero-order valence-electron chi connectivity index (χ0n) is 11.5. The standard InChI is InChI=1S/C15H23ClN2O/c1-2-3-4-5-6-7-10-18-12-8-9-13(15(17)19)14(16)11-12/h8-9,11,18H,2-7,10H2,1H3,(H2,17,19). The molecule has 0 atom stereocenters. The number of rotatable bonds is 9. The van der Waals surface area contributed by atoms with Crippen molar-refractivity contribution in [3.8, 4) is 0 Å². The Labute approximate surface area is 120 Å². The maximum Gasteiger partial charge on any atom is 0.250 e. The monoisotopic (exact) mass is 282 g/mol. The summed E-state index contributed by atoms with van der Waals surface area (Å²) in [4.78, 5) is 11.0. The van der Waals surface area contributed by atoms with Crippen LogP contribution < -0.4 is 11.1 Å². The summed E-state index contributed by atoms with van der Waals surface area (Å²) in [6.07, 6.45) is 7.64. The molecule has 0 unspecified atom stereocenters. The minimum atomic E-state index is -0.493. The molecule has 0 bridgehead atoms. The van der Waals surface area contributed by atoms with Gasteiger partial charge >= 0.3 is 0 Å². The maximum absolute atomic E-state index is 11.0. The lowest BCUT2D eigenvalue weighted by Crippen LogP contribution is -2.11. The maximum atomic E-state index is 11.0. The van der Waals surface area contributed by atoms with E-state index in [0.29, 0.717) is 10.6 Å². The molecule has 3 N–H and O–H groups in total. The van der Waals surface area contributed by atoms with E-state index in [2.05, 4.69) is 12.2 Å². The minimum Gasteiger partial charge on any atom is -0.385 e. The molecule has 0 aliphatic carbocycles. The second-order valence-electron chi connectivity index (χ2n) is 4.75. The number of amides is 1. The first kappa shape index (κ1) is 15.8. The minimum absolute atomic E-state index is 0.367. The molecule has 0 spiro atoms. The molecular weight excluding hydrogens is 260 g/mol. The molecule has 3 nitrogen and oxygen atoms in total. The fourth-order valence-electron chi connectivity index (χ4n) is 1.96. The first-order valence-electron chi connectivity index (χ1n) is 6.98. The summed E-state index contributed by atoms with van der Waals surface area (Å²) in [7, 11) is 0. The number of unbranched alkanes of at least 4 members (excludes halogenated alkanes) is 5. The number of nitrogens with two attached hydrogens (primary N) is 1. The molecule has 0 aromatic heterocycles. The molecular formula is C15H23ClN2O. The average Bonchev–Trinajstić information content (AvgIpc) is 2.37. The van der Waals surface area contributed by atoms with Gasteiger partial charge in [0.2, 0.25) is 5.91 Å². The predicted molar refractivity (Wildman–Crippen MR) is 81.8 cm³/mol. The summed E-state index contributed by atoms with van der Waals surface area (Å²) >= 11 is 5.98. The van der Waals surface area contributed by atoms with Crippen molar-refractivity contribution in [1.82, 2.24) is 0 Å². The van der Waals surface area contributed by atoms with E-state index in [4.69, 9.17) is 17.3 Å². The first-order valence-corrected chi connectivity index (χ1v) is 7.36. The van der Waals surface area contributed by atoms with Crippen molar-refractivity contribution < 1.29 is 4.79 Å². The summed E-state index contributed by atoms with van der Waals surface area (Å²) in [6, 6.07) is 5.25. The van der Waals surface area contributed by atoms with Crippen LogP contribution in [0.1, 0.15) is 55.8 Å². The molecule has 106 valence electrons. The van der Waals surface area contributed by atoms with Crippen molar-refractivity contribution in [2.75, 3.05) is 11.9 Å². The number of primary amides is 1. The summed E-state index contributed by atoms with van der Waals surface area (Å²) < 4.78 is 0. The third kappa shape index (κ3) is 5.97. The Kier molecular flexibility index (Phi) is 7.34. The van der Waals surface area contributed by atoms with Crippen LogP contribution in [-0.2, 0) is 0 Å². The quantitative estimate of drug-likeness (QED) is 0.667. The molecule has 0 saturated heterocycles. The summed E-state index contributed by atoms with van der Waals surface area (Å²) in [6.45, 7) is 3.15. The number of hydrogen-bond donors (Lipinski definition) is 2. The van der Waals surface area contributed by atoms with Crippen LogP contribution in [0.2, 0.25) is 5.02 Å². The van der Waals surface area contributed by atoms with E-state index in [0.717, 1.165) is 18.7 Å². The van der Waals surface area contributed by atoms with Crippen molar-refractivity contribution in [2.45, 2.75) is 45.4 Å². The van der Waals surface area contributed by atoms with Gasteiger partial charge < -0.3 is 11.1 Å². The summed E-state index contributed by atoms with van der Waals surface area (Å²) in [5, 5.41) is 3.71. The Morgan fingerprint density at radius 3 is 2.53 bits per heavy atom. The zero-order chi connectivity index (χ0) is 14.1. The van der Waals surface area contributed by atoms with Crippen LogP contribution in [0.4, 0.5) is 5.69 Å². The van der Waals surface area contributed by atoms with E-state index >= 15 is 0 Å². The number of hydrogen-bond acceptors (Lipinski definition) is 2. The van der Waals surface area contributed by atoms with E-state index in [1.165, 1.54) is 32.1 Å². The number of nitrogens with one attached hydrogen (secondary N) is 1. The molecule has 0 heterocycles. The normalized spacial score (nSPS) is 10.4. The van der Waals surface area contributed by atoms with Gasteiger partial charge in [-0.25, -0.2) is 0 Å². The van der Waals surface area contributed by atoms with Gasteiger partial charge in [0.05, 0.1) is 10.6 Å². The Hall–Kier alpha value is -1.22. The average molecular weight is 283 g/mol. The van der Waals surface area contributed by atoms with E-state index in [1.807, 2.05) is 6.07 Å². The van der Waals surface area contributed by atoms with Gasteiger partial charge in [-0.15, -0.1) is 0 Å². The molecule has 0 aliphatic heterocycles. The second kappa shape index (κ2) is 8.81. The van der Waals surface area contributed by atoms with Crippen molar-refractivity contribution in [3.63, 3.8) is 0 Å². The molecule has 0 saturated carbocycles. The Morgan fingerprint density at radius 1 is 1.21 bits per heavy atom. The van der Waals surface area contributed by atoms with Gasteiger partial charge in [0.25, 0.3) is 0 Å². The van der Waals surface area contributed by atoms with Gasteiger partial charge in [-0.2, -0.15) is 0 Å². The molecule has 1 amide bonds. The SMILES string of the molecule is CCCCCCCCNc1ccc(C(N)=O)c(Cl)c1. The second-order valence-corrected chi connectivity index (χ2v) is 5.16. The Bertz CT molecular complexity index is 407. The van der Waals surface area contributed by atoms with Crippen molar-refractivity contribution in [1.29, 1.82) is 0 Å². The van der Waals surface area contributed by atoms with E-state index in [1.54, 1.807) is 12.1 Å². The fraction of sp³-hybridized carbons (Fsp3) is 0.533. The van der Waals surface area contributed by atoms with Gasteiger partial charge in [0.1, 0.15) is 0 Å². The predicted octanol–water partition coefficient (Wildman–Crippen LogP) is 4.21. The van der Waals surface area contributed by atoms with Gasteiger partial charge in [-0.05, 0) is 24.6 Å². The third-order valence-electron chi connectivity index (χ3n) is 3.09. The molecule has 4 heteroatoms. The smallest absolute Gasteiger partial charge is 0.250 e. The molecule has 0 radical (unpaired) electrons. The molecule has 1 aromatic carbocycles. The molecule has 19 heavy (non-hydrogen) atoms. The lowest BCUT2D eigenvalue weighted by atomic mass is 10.1. The molecule has 1 rings (SSSR count). The summed E-state index contributed by atoms with van der Waals surface area (Å²) in [5.74, 6) is -0.493. The highest BCUT2D eigenvalue weighted by molar-refractivity contribution is 6.34. The Morgan fingerprint density at radius 2 is 1.89 bits per heavy atom. The molecule has 0 fully saturated rings. The lowest BCUT2D eigenvalue weighted by molar-refractivity contribution is 0.100. The zero-order valence-corrected chi connectivity index (χ0v) is 12.3. The Balaban J connectivity index is 2.26. The molecule has 0 aliphatic rings. The van der Waals surface area contributed by atoms with Crippen LogP contribution in [0.15, 0.2) is 18.2 Å². The lowest BCUT2D eigenvalue weighted by Gasteiger charge is -2.08. The van der Waals surface area contributed by atoms with Crippen LogP contribution in [0.25, 0.3) is 0 Å². The number of halogens is 1. The fourth-order valence-corrected chi connectivity index (χ4v) is 2.24. The van der Waals surface area contributed by atoms with E-state index < -0.39 is 5.91 Å². The van der Waals surface area contributed by atoms with E-state index in [9.17, 15) is 4.79 Å². The number of carbonyl (C=O) groups excluding carboxylic acids is 1. The van der Waals surface area contributed by atoms with Crippen LogP contribution in [-0.4, -0.2) is 12.5 Å². The van der Waals surface area contributed by atoms with Gasteiger partial charge in [-0.3, -0.25) is 4.79 Å². The highest BCUT2D eigenvalue weighted by Gasteiger charge is 2.06. The van der Waals surface area contributed by atoms with Crippen LogP contribution in [0, 0.1) is 0 Å². The van der Waals surface area contributed by atoms with Crippen LogP contribution >= 0.6 is 11.6 Å². The van der Waals surface area contributed by atoms with Crippen molar-refractivity contribution in [3.05, 3.63) is 28.8 Å². The van der Waals surface area contributed by atoms with Crippen LogP contribution in [0.3, 0.4) is 0 Å². The first-order chi connectivity index (χ1) is 9.15. The number of carbonyl (C=O) groups is 1. The van der Waals surface area contributed by atoms with Crippen LogP contribution in [0.5, 0.6) is 0 Å². The topological polar surface area (TPSA) is 55.1 Å². The molecule has 1 aromatic rings.